The van der Waals surface area contributed by atoms with Crippen molar-refractivity contribution in [3.8, 4) is 5.75 Å². The van der Waals surface area contributed by atoms with E-state index in [0.29, 0.717) is 11.6 Å². The normalized spacial score (nSPS) is 19.5. The summed E-state index contributed by atoms with van der Waals surface area (Å²) in [5.41, 5.74) is 0.617. The van der Waals surface area contributed by atoms with Gasteiger partial charge in [0.25, 0.3) is 5.91 Å². The predicted octanol–water partition coefficient (Wildman–Crippen LogP) is 1.61. The van der Waals surface area contributed by atoms with Crippen LogP contribution in [0.15, 0.2) is 24.3 Å². The van der Waals surface area contributed by atoms with Crippen molar-refractivity contribution in [2.24, 2.45) is 0 Å². The number of carbonyl (C=O) groups is 1. The topological polar surface area (TPSA) is 52.6 Å². The smallest absolute Gasteiger partial charge is 0.253 e. The Balaban J connectivity index is 1.93. The second-order valence-electron chi connectivity index (χ2n) is 4.88. The Bertz CT molecular complexity index is 397. The van der Waals surface area contributed by atoms with E-state index >= 15 is 0 Å². The Morgan fingerprint density at radius 2 is 2.11 bits per heavy atom. The molecule has 1 unspecified atom stereocenters. The van der Waals surface area contributed by atoms with Crippen molar-refractivity contribution in [1.82, 2.24) is 10.2 Å². The fourth-order valence-electron chi connectivity index (χ4n) is 2.32. The van der Waals surface area contributed by atoms with Gasteiger partial charge in [0.1, 0.15) is 5.75 Å². The molecule has 0 spiro atoms. The maximum atomic E-state index is 12.1. The number of aromatic hydroxyl groups is 1. The quantitative estimate of drug-likeness (QED) is 0.854. The average Bonchev–Trinajstić information content (AvgIpc) is 2.40. The summed E-state index contributed by atoms with van der Waals surface area (Å²) >= 11 is 0. The maximum Gasteiger partial charge on any atom is 0.253 e. The van der Waals surface area contributed by atoms with Crippen molar-refractivity contribution >= 4 is 5.91 Å². The fraction of sp³-hybridized carbons (Fsp3) is 0.500. The minimum atomic E-state index is 0.00220. The lowest BCUT2D eigenvalue weighted by Crippen LogP contribution is -2.44. The summed E-state index contributed by atoms with van der Waals surface area (Å²) < 4.78 is 0. The van der Waals surface area contributed by atoms with Crippen LogP contribution in [0.3, 0.4) is 0 Å². The Labute approximate surface area is 108 Å². The third-order valence-electron chi connectivity index (χ3n) is 3.37. The molecule has 2 rings (SSSR count). The molecule has 0 aliphatic carbocycles. The first-order chi connectivity index (χ1) is 8.66. The molecule has 1 atom stereocenters. The van der Waals surface area contributed by atoms with Gasteiger partial charge in [-0.3, -0.25) is 4.79 Å². The van der Waals surface area contributed by atoms with Crippen LogP contribution in [0.2, 0.25) is 0 Å². The van der Waals surface area contributed by atoms with Gasteiger partial charge in [0.15, 0.2) is 0 Å². The highest BCUT2D eigenvalue weighted by Gasteiger charge is 2.18. The van der Waals surface area contributed by atoms with Crippen LogP contribution < -0.4 is 5.32 Å². The molecule has 0 bridgehead atoms. The second-order valence-corrected chi connectivity index (χ2v) is 4.88. The van der Waals surface area contributed by atoms with E-state index in [1.165, 1.54) is 12.8 Å². The van der Waals surface area contributed by atoms with Gasteiger partial charge in [0.2, 0.25) is 0 Å². The molecule has 4 heteroatoms. The molecule has 1 aromatic rings. The van der Waals surface area contributed by atoms with E-state index in [1.54, 1.807) is 29.2 Å². The molecule has 1 heterocycles. The summed E-state index contributed by atoms with van der Waals surface area (Å²) in [5.74, 6) is 0.186. The highest BCUT2D eigenvalue weighted by Crippen LogP contribution is 2.13. The lowest BCUT2D eigenvalue weighted by molar-refractivity contribution is 0.0775. The summed E-state index contributed by atoms with van der Waals surface area (Å²) in [6, 6.07) is 6.80. The Kier molecular flexibility index (Phi) is 4.20. The van der Waals surface area contributed by atoms with Gasteiger partial charge in [-0.25, -0.2) is 0 Å². The van der Waals surface area contributed by atoms with Gasteiger partial charge in [-0.05, 0) is 43.7 Å². The van der Waals surface area contributed by atoms with E-state index in [9.17, 15) is 9.90 Å². The molecule has 4 nitrogen and oxygen atoms in total. The van der Waals surface area contributed by atoms with E-state index in [0.717, 1.165) is 19.5 Å². The molecule has 0 saturated carbocycles. The number of rotatable bonds is 3. The molecule has 1 aliphatic heterocycles. The zero-order valence-corrected chi connectivity index (χ0v) is 10.7. The molecular formula is C14H20N2O2. The number of hydrogen-bond donors (Lipinski definition) is 2. The van der Waals surface area contributed by atoms with E-state index in [-0.39, 0.29) is 11.7 Å². The van der Waals surface area contributed by atoms with E-state index in [2.05, 4.69) is 5.32 Å². The van der Waals surface area contributed by atoms with Crippen molar-refractivity contribution in [2.45, 2.75) is 25.3 Å². The minimum Gasteiger partial charge on any atom is -0.508 e. The maximum absolute atomic E-state index is 12.1. The van der Waals surface area contributed by atoms with Gasteiger partial charge in [0.05, 0.1) is 0 Å². The number of phenolic OH excluding ortho intramolecular Hbond substituents is 1. The Morgan fingerprint density at radius 3 is 2.72 bits per heavy atom. The standard InChI is InChI=1S/C14H20N2O2/c1-16(10-12-4-2-3-9-15-12)14(18)11-5-7-13(17)8-6-11/h5-8,12,15,17H,2-4,9-10H2,1H3. The highest BCUT2D eigenvalue weighted by atomic mass is 16.3. The van der Waals surface area contributed by atoms with Crippen molar-refractivity contribution in [3.05, 3.63) is 29.8 Å². The molecule has 1 aromatic carbocycles. The van der Waals surface area contributed by atoms with Crippen LogP contribution in [0.1, 0.15) is 29.6 Å². The average molecular weight is 248 g/mol. The summed E-state index contributed by atoms with van der Waals surface area (Å²) in [4.78, 5) is 13.9. The molecular weight excluding hydrogens is 228 g/mol. The van der Waals surface area contributed by atoms with Gasteiger partial charge < -0.3 is 15.3 Å². The van der Waals surface area contributed by atoms with Crippen LogP contribution in [-0.4, -0.2) is 42.1 Å². The van der Waals surface area contributed by atoms with E-state index in [1.807, 2.05) is 7.05 Å². The van der Waals surface area contributed by atoms with Crippen molar-refractivity contribution in [1.29, 1.82) is 0 Å². The first kappa shape index (κ1) is 12.9. The van der Waals surface area contributed by atoms with Crippen LogP contribution in [0.25, 0.3) is 0 Å². The number of phenols is 1. The Hall–Kier alpha value is -1.55. The number of nitrogens with zero attached hydrogens (tertiary/aromatic N) is 1. The third-order valence-corrected chi connectivity index (χ3v) is 3.37. The molecule has 0 aromatic heterocycles. The zero-order valence-electron chi connectivity index (χ0n) is 10.7. The zero-order chi connectivity index (χ0) is 13.0. The largest absolute Gasteiger partial charge is 0.508 e. The number of likely N-dealkylation sites (N-methyl/N-ethyl adjacent to an activating group) is 1. The van der Waals surface area contributed by atoms with Crippen LogP contribution in [0.5, 0.6) is 5.75 Å². The molecule has 1 aliphatic rings. The van der Waals surface area contributed by atoms with Crippen LogP contribution in [0.4, 0.5) is 0 Å². The molecule has 1 saturated heterocycles. The molecule has 0 radical (unpaired) electrons. The van der Waals surface area contributed by atoms with Crippen LogP contribution in [-0.2, 0) is 0 Å². The first-order valence-corrected chi connectivity index (χ1v) is 6.44. The molecule has 98 valence electrons. The fourth-order valence-corrected chi connectivity index (χ4v) is 2.32. The molecule has 2 N–H and O–H groups in total. The summed E-state index contributed by atoms with van der Waals surface area (Å²) in [5, 5.41) is 12.6. The molecule has 1 amide bonds. The number of carbonyl (C=O) groups excluding carboxylic acids is 1. The van der Waals surface area contributed by atoms with E-state index in [4.69, 9.17) is 0 Å². The number of nitrogens with one attached hydrogen (secondary N) is 1. The summed E-state index contributed by atoms with van der Waals surface area (Å²) in [6.45, 7) is 1.78. The van der Waals surface area contributed by atoms with Gasteiger partial charge in [-0.15, -0.1) is 0 Å². The second kappa shape index (κ2) is 5.87. The van der Waals surface area contributed by atoms with Gasteiger partial charge in [-0.2, -0.15) is 0 Å². The third kappa shape index (κ3) is 3.23. The van der Waals surface area contributed by atoms with Crippen LogP contribution >= 0.6 is 0 Å². The lowest BCUT2D eigenvalue weighted by Gasteiger charge is -2.28. The summed E-state index contributed by atoms with van der Waals surface area (Å²) in [7, 11) is 1.82. The number of piperidine rings is 1. The number of benzene rings is 1. The minimum absolute atomic E-state index is 0.00220. The highest BCUT2D eigenvalue weighted by molar-refractivity contribution is 5.94. The molecule has 18 heavy (non-hydrogen) atoms. The summed E-state index contributed by atoms with van der Waals surface area (Å²) in [6.07, 6.45) is 3.60. The van der Waals surface area contributed by atoms with Crippen LogP contribution in [0, 0.1) is 0 Å². The van der Waals surface area contributed by atoms with Gasteiger partial charge >= 0.3 is 0 Å². The SMILES string of the molecule is CN(CC1CCCCN1)C(=O)c1ccc(O)cc1. The predicted molar refractivity (Wildman–Crippen MR) is 70.7 cm³/mol. The molecule has 1 fully saturated rings. The van der Waals surface area contributed by atoms with Crippen molar-refractivity contribution in [3.63, 3.8) is 0 Å². The first-order valence-electron chi connectivity index (χ1n) is 6.44. The number of amides is 1. The van der Waals surface area contributed by atoms with E-state index < -0.39 is 0 Å². The lowest BCUT2D eigenvalue weighted by atomic mass is 10.0. The Morgan fingerprint density at radius 1 is 1.39 bits per heavy atom. The van der Waals surface area contributed by atoms with Gasteiger partial charge in [0, 0.05) is 25.2 Å². The van der Waals surface area contributed by atoms with Crippen molar-refractivity contribution < 1.29 is 9.90 Å². The van der Waals surface area contributed by atoms with Crippen molar-refractivity contribution in [2.75, 3.05) is 20.1 Å². The van der Waals surface area contributed by atoms with Gasteiger partial charge in [-0.1, -0.05) is 6.42 Å². The monoisotopic (exact) mass is 248 g/mol. The number of hydrogen-bond acceptors (Lipinski definition) is 3.